The molecule has 0 amide bonds. The van der Waals surface area contributed by atoms with E-state index in [4.69, 9.17) is 16.7 Å². The number of non-ortho nitro benzene ring substituents is 1. The maximum absolute atomic E-state index is 11.0. The predicted molar refractivity (Wildman–Crippen MR) is 79.5 cm³/mol. The number of nitro groups is 1. The molecule has 2 aromatic carbocycles. The first-order valence-corrected chi connectivity index (χ1v) is 6.31. The Kier molecular flexibility index (Phi) is 4.09. The van der Waals surface area contributed by atoms with Crippen molar-refractivity contribution in [2.24, 2.45) is 0 Å². The maximum Gasteiger partial charge on any atom is 0.337 e. The molecule has 2 N–H and O–H groups in total. The monoisotopic (exact) mass is 306 g/mol. The number of halogens is 1. The van der Waals surface area contributed by atoms with Crippen molar-refractivity contribution in [3.63, 3.8) is 0 Å². The Balaban J connectivity index is 2.32. The van der Waals surface area contributed by atoms with E-state index in [1.165, 1.54) is 24.3 Å². The van der Waals surface area contributed by atoms with Crippen molar-refractivity contribution in [3.05, 3.63) is 62.7 Å². The van der Waals surface area contributed by atoms with E-state index >= 15 is 0 Å². The highest BCUT2D eigenvalue weighted by Gasteiger charge is 2.11. The van der Waals surface area contributed by atoms with Crippen LogP contribution in [0.25, 0.3) is 0 Å². The second kappa shape index (κ2) is 5.80. The number of hydrogen-bond donors (Lipinski definition) is 2. The SMILES string of the molecule is Cc1cc([N+](=O)[O-])ccc1Nc1ccc(Cl)c(C(=O)O)c1. The molecule has 0 aromatic heterocycles. The standard InChI is InChI=1S/C14H11ClN2O4/c1-8-6-10(17(20)21)3-5-13(8)16-9-2-4-12(15)11(7-9)14(18)19/h2-7,16H,1H3,(H,18,19). The maximum atomic E-state index is 11.0. The van der Waals surface area contributed by atoms with Gasteiger partial charge in [-0.15, -0.1) is 0 Å². The summed E-state index contributed by atoms with van der Waals surface area (Å²) < 4.78 is 0. The minimum absolute atomic E-state index is 0.000353. The van der Waals surface area contributed by atoms with E-state index in [-0.39, 0.29) is 16.3 Å². The van der Waals surface area contributed by atoms with E-state index in [9.17, 15) is 14.9 Å². The van der Waals surface area contributed by atoms with Crippen molar-refractivity contribution in [3.8, 4) is 0 Å². The van der Waals surface area contributed by atoms with Crippen LogP contribution in [0.5, 0.6) is 0 Å². The molecule has 2 rings (SSSR count). The second-order valence-electron chi connectivity index (χ2n) is 4.38. The molecule has 0 spiro atoms. The number of benzene rings is 2. The lowest BCUT2D eigenvalue weighted by Crippen LogP contribution is -2.00. The molecule has 0 atom stereocenters. The van der Waals surface area contributed by atoms with Crippen LogP contribution < -0.4 is 5.32 Å². The molecule has 108 valence electrons. The van der Waals surface area contributed by atoms with Crippen LogP contribution in [-0.4, -0.2) is 16.0 Å². The normalized spacial score (nSPS) is 10.2. The van der Waals surface area contributed by atoms with Crippen LogP contribution in [0.15, 0.2) is 36.4 Å². The molecule has 0 fully saturated rings. The average Bonchev–Trinajstić information content (AvgIpc) is 2.42. The van der Waals surface area contributed by atoms with Gasteiger partial charge in [-0.25, -0.2) is 4.79 Å². The minimum atomic E-state index is -1.12. The van der Waals surface area contributed by atoms with Gasteiger partial charge >= 0.3 is 5.97 Å². The quantitative estimate of drug-likeness (QED) is 0.658. The van der Waals surface area contributed by atoms with Gasteiger partial charge in [0.05, 0.1) is 15.5 Å². The summed E-state index contributed by atoms with van der Waals surface area (Å²) >= 11 is 5.80. The third-order valence-electron chi connectivity index (χ3n) is 2.90. The first kappa shape index (κ1) is 14.8. The zero-order chi connectivity index (χ0) is 15.6. The fourth-order valence-electron chi connectivity index (χ4n) is 1.82. The van der Waals surface area contributed by atoms with Gasteiger partial charge in [0.2, 0.25) is 0 Å². The zero-order valence-electron chi connectivity index (χ0n) is 11.0. The number of nitro benzene ring substituents is 1. The van der Waals surface area contributed by atoms with Gasteiger partial charge in [0.1, 0.15) is 0 Å². The molecule has 0 aliphatic rings. The molecule has 0 aliphatic heterocycles. The second-order valence-corrected chi connectivity index (χ2v) is 4.79. The van der Waals surface area contributed by atoms with Crippen molar-refractivity contribution in [1.29, 1.82) is 0 Å². The molecule has 7 heteroatoms. The lowest BCUT2D eigenvalue weighted by Gasteiger charge is -2.10. The molecule has 0 radical (unpaired) electrons. The zero-order valence-corrected chi connectivity index (χ0v) is 11.7. The van der Waals surface area contributed by atoms with E-state index in [1.807, 2.05) is 0 Å². The Morgan fingerprint density at radius 2 is 2.00 bits per heavy atom. The fourth-order valence-corrected chi connectivity index (χ4v) is 2.02. The number of carbonyl (C=O) groups is 1. The van der Waals surface area contributed by atoms with Gasteiger partial charge < -0.3 is 10.4 Å². The Hall–Kier alpha value is -2.60. The first-order valence-electron chi connectivity index (χ1n) is 5.93. The van der Waals surface area contributed by atoms with E-state index in [2.05, 4.69) is 5.32 Å². The Morgan fingerprint density at radius 1 is 1.29 bits per heavy atom. The number of carboxylic acid groups (broad SMARTS) is 1. The van der Waals surface area contributed by atoms with Gasteiger partial charge in [-0.2, -0.15) is 0 Å². The smallest absolute Gasteiger partial charge is 0.337 e. The third kappa shape index (κ3) is 3.29. The van der Waals surface area contributed by atoms with Crippen LogP contribution in [-0.2, 0) is 0 Å². The molecule has 0 bridgehead atoms. The summed E-state index contributed by atoms with van der Waals surface area (Å²) in [5.74, 6) is -1.12. The van der Waals surface area contributed by atoms with Crippen molar-refractivity contribution in [1.82, 2.24) is 0 Å². The molecule has 0 aliphatic carbocycles. The van der Waals surface area contributed by atoms with Gasteiger partial charge in [0.25, 0.3) is 5.69 Å². The molecule has 21 heavy (non-hydrogen) atoms. The Bertz CT molecular complexity index is 731. The number of aryl methyl sites for hydroxylation is 1. The van der Waals surface area contributed by atoms with E-state index in [0.29, 0.717) is 16.9 Å². The van der Waals surface area contributed by atoms with Crippen LogP contribution in [0.1, 0.15) is 15.9 Å². The number of carboxylic acids is 1. The van der Waals surface area contributed by atoms with Crippen LogP contribution in [0.3, 0.4) is 0 Å². The summed E-state index contributed by atoms with van der Waals surface area (Å²) in [6, 6.07) is 8.91. The van der Waals surface area contributed by atoms with E-state index < -0.39 is 10.9 Å². The van der Waals surface area contributed by atoms with E-state index in [0.717, 1.165) is 0 Å². The number of hydrogen-bond acceptors (Lipinski definition) is 4. The summed E-state index contributed by atoms with van der Waals surface area (Å²) in [7, 11) is 0. The van der Waals surface area contributed by atoms with Crippen LogP contribution >= 0.6 is 11.6 Å². The van der Waals surface area contributed by atoms with Gasteiger partial charge in [-0.1, -0.05) is 11.6 Å². The highest BCUT2D eigenvalue weighted by Crippen LogP contribution is 2.27. The number of nitrogens with zero attached hydrogens (tertiary/aromatic N) is 1. The lowest BCUT2D eigenvalue weighted by atomic mass is 10.1. The molecule has 0 unspecified atom stereocenters. The van der Waals surface area contributed by atoms with Crippen molar-refractivity contribution < 1.29 is 14.8 Å². The fraction of sp³-hybridized carbons (Fsp3) is 0.0714. The first-order chi connectivity index (χ1) is 9.88. The molecular weight excluding hydrogens is 296 g/mol. The van der Waals surface area contributed by atoms with Crippen LogP contribution in [0, 0.1) is 17.0 Å². The Morgan fingerprint density at radius 3 is 2.57 bits per heavy atom. The minimum Gasteiger partial charge on any atom is -0.478 e. The number of rotatable bonds is 4. The number of anilines is 2. The summed E-state index contributed by atoms with van der Waals surface area (Å²) in [5, 5.41) is 22.9. The molecule has 0 saturated carbocycles. The van der Waals surface area contributed by atoms with Gasteiger partial charge in [-0.3, -0.25) is 10.1 Å². The summed E-state index contributed by atoms with van der Waals surface area (Å²) in [6.07, 6.45) is 0. The molecular formula is C14H11ClN2O4. The number of nitrogens with one attached hydrogen (secondary N) is 1. The highest BCUT2D eigenvalue weighted by molar-refractivity contribution is 6.33. The summed E-state index contributed by atoms with van der Waals surface area (Å²) in [5.41, 5.74) is 1.85. The van der Waals surface area contributed by atoms with E-state index in [1.54, 1.807) is 19.1 Å². The Labute approximate surface area is 125 Å². The summed E-state index contributed by atoms with van der Waals surface area (Å²) in [4.78, 5) is 21.2. The van der Waals surface area contributed by atoms with Gasteiger partial charge in [0, 0.05) is 23.5 Å². The number of aromatic carboxylic acids is 1. The topological polar surface area (TPSA) is 92.5 Å². The molecule has 2 aromatic rings. The molecule has 6 nitrogen and oxygen atoms in total. The van der Waals surface area contributed by atoms with Crippen LogP contribution in [0.2, 0.25) is 5.02 Å². The summed E-state index contributed by atoms with van der Waals surface area (Å²) in [6.45, 7) is 1.73. The average molecular weight is 307 g/mol. The van der Waals surface area contributed by atoms with Crippen LogP contribution in [0.4, 0.5) is 17.1 Å². The highest BCUT2D eigenvalue weighted by atomic mass is 35.5. The lowest BCUT2D eigenvalue weighted by molar-refractivity contribution is -0.384. The molecule has 0 saturated heterocycles. The van der Waals surface area contributed by atoms with Crippen molar-refractivity contribution >= 4 is 34.6 Å². The predicted octanol–water partition coefficient (Wildman–Crippen LogP) is 4.00. The molecule has 0 heterocycles. The van der Waals surface area contributed by atoms with Gasteiger partial charge in [0.15, 0.2) is 0 Å². The van der Waals surface area contributed by atoms with Crippen molar-refractivity contribution in [2.75, 3.05) is 5.32 Å². The third-order valence-corrected chi connectivity index (χ3v) is 3.23. The van der Waals surface area contributed by atoms with Gasteiger partial charge in [-0.05, 0) is 36.8 Å². The van der Waals surface area contributed by atoms with Crippen molar-refractivity contribution in [2.45, 2.75) is 6.92 Å². The largest absolute Gasteiger partial charge is 0.478 e.